The predicted molar refractivity (Wildman–Crippen MR) is 70.7 cm³/mol. The largest absolute Gasteiger partial charge is 0.481 e. The number of hydrogen-bond acceptors (Lipinski definition) is 3. The van der Waals surface area contributed by atoms with E-state index in [0.717, 1.165) is 38.5 Å². The molecular formula is C15H24O4. The van der Waals surface area contributed by atoms with Gasteiger partial charge in [-0.2, -0.15) is 0 Å². The van der Waals surface area contributed by atoms with Gasteiger partial charge in [0, 0.05) is 0 Å². The number of carboxylic acids is 1. The predicted octanol–water partition coefficient (Wildman–Crippen LogP) is 3.14. The Morgan fingerprint density at radius 2 is 1.68 bits per heavy atom. The molecule has 2 aliphatic carbocycles. The monoisotopic (exact) mass is 268 g/mol. The van der Waals surface area contributed by atoms with Crippen molar-refractivity contribution in [2.45, 2.75) is 70.3 Å². The zero-order chi connectivity index (χ0) is 13.9. The van der Waals surface area contributed by atoms with Crippen molar-refractivity contribution in [3.63, 3.8) is 0 Å². The summed E-state index contributed by atoms with van der Waals surface area (Å²) in [5.41, 5.74) is -0.314. The molecule has 2 aliphatic rings. The normalized spacial score (nSPS) is 30.6. The minimum atomic E-state index is -0.777. The summed E-state index contributed by atoms with van der Waals surface area (Å²) >= 11 is 0. The lowest BCUT2D eigenvalue weighted by atomic mass is 9.81. The minimum absolute atomic E-state index is 0.171. The van der Waals surface area contributed by atoms with Gasteiger partial charge >= 0.3 is 11.9 Å². The highest BCUT2D eigenvalue weighted by Gasteiger charge is 2.36. The fraction of sp³-hybridized carbons (Fsp3) is 0.867. The molecule has 2 atom stereocenters. The van der Waals surface area contributed by atoms with E-state index in [4.69, 9.17) is 9.84 Å². The lowest BCUT2D eigenvalue weighted by Crippen LogP contribution is -2.38. The number of carboxylic acid groups (broad SMARTS) is 1. The van der Waals surface area contributed by atoms with Crippen molar-refractivity contribution in [2.75, 3.05) is 0 Å². The van der Waals surface area contributed by atoms with Crippen LogP contribution in [0, 0.1) is 11.8 Å². The third kappa shape index (κ3) is 3.71. The molecule has 108 valence electrons. The van der Waals surface area contributed by atoms with Gasteiger partial charge in [0.1, 0.15) is 5.60 Å². The average Bonchev–Trinajstić information content (AvgIpc) is 2.39. The highest BCUT2D eigenvalue weighted by molar-refractivity contribution is 5.75. The second-order valence-corrected chi connectivity index (χ2v) is 6.33. The van der Waals surface area contributed by atoms with Crippen LogP contribution in [0.3, 0.4) is 0 Å². The van der Waals surface area contributed by atoms with Crippen LogP contribution < -0.4 is 0 Å². The topological polar surface area (TPSA) is 63.6 Å². The van der Waals surface area contributed by atoms with Crippen LogP contribution in [0.5, 0.6) is 0 Å². The Hall–Kier alpha value is -1.06. The number of esters is 1. The molecule has 4 heteroatoms. The van der Waals surface area contributed by atoms with Crippen LogP contribution in [0.15, 0.2) is 0 Å². The van der Waals surface area contributed by atoms with E-state index in [1.54, 1.807) is 0 Å². The smallest absolute Gasteiger partial charge is 0.309 e. The SMILES string of the molecule is CC1(OC(=O)C2CCCC(C(=O)O)C2)CCCCC1. The maximum absolute atomic E-state index is 12.2. The van der Waals surface area contributed by atoms with Crippen molar-refractivity contribution in [3.05, 3.63) is 0 Å². The lowest BCUT2D eigenvalue weighted by molar-refractivity contribution is -0.168. The van der Waals surface area contributed by atoms with E-state index in [-0.39, 0.29) is 23.4 Å². The number of carbonyl (C=O) groups excluding carboxylic acids is 1. The van der Waals surface area contributed by atoms with E-state index < -0.39 is 5.97 Å². The summed E-state index contributed by atoms with van der Waals surface area (Å²) in [7, 11) is 0. The van der Waals surface area contributed by atoms with Crippen molar-refractivity contribution in [2.24, 2.45) is 11.8 Å². The number of hydrogen-bond donors (Lipinski definition) is 1. The maximum atomic E-state index is 12.2. The molecule has 0 amide bonds. The molecule has 19 heavy (non-hydrogen) atoms. The molecule has 0 saturated heterocycles. The fourth-order valence-corrected chi connectivity index (χ4v) is 3.36. The van der Waals surface area contributed by atoms with Crippen molar-refractivity contribution in [1.82, 2.24) is 0 Å². The van der Waals surface area contributed by atoms with Gasteiger partial charge in [0.2, 0.25) is 0 Å². The van der Waals surface area contributed by atoms with Gasteiger partial charge in [-0.15, -0.1) is 0 Å². The third-order valence-electron chi connectivity index (χ3n) is 4.62. The quantitative estimate of drug-likeness (QED) is 0.799. The number of ether oxygens (including phenoxy) is 1. The van der Waals surface area contributed by atoms with Crippen molar-refractivity contribution in [3.8, 4) is 0 Å². The van der Waals surface area contributed by atoms with Crippen LogP contribution in [0.1, 0.15) is 64.7 Å². The molecule has 4 nitrogen and oxygen atoms in total. The number of carbonyl (C=O) groups is 2. The van der Waals surface area contributed by atoms with Crippen LogP contribution in [0.4, 0.5) is 0 Å². The molecule has 2 unspecified atom stereocenters. The maximum Gasteiger partial charge on any atom is 0.309 e. The van der Waals surface area contributed by atoms with E-state index in [2.05, 4.69) is 0 Å². The summed E-state index contributed by atoms with van der Waals surface area (Å²) in [6.45, 7) is 2.02. The first-order valence-corrected chi connectivity index (χ1v) is 7.46. The van der Waals surface area contributed by atoms with Gasteiger partial charge in [-0.1, -0.05) is 12.8 Å². The van der Waals surface area contributed by atoms with Gasteiger partial charge in [-0.05, 0) is 51.9 Å². The van der Waals surface area contributed by atoms with Gasteiger partial charge < -0.3 is 9.84 Å². The van der Waals surface area contributed by atoms with Gasteiger partial charge in [0.05, 0.1) is 11.8 Å². The summed E-state index contributed by atoms with van der Waals surface area (Å²) in [5, 5.41) is 9.06. The van der Waals surface area contributed by atoms with Crippen molar-refractivity contribution >= 4 is 11.9 Å². The van der Waals surface area contributed by atoms with Crippen LogP contribution in [-0.4, -0.2) is 22.6 Å². The van der Waals surface area contributed by atoms with Crippen LogP contribution in [-0.2, 0) is 14.3 Å². The first-order valence-electron chi connectivity index (χ1n) is 7.46. The molecule has 0 aromatic carbocycles. The van der Waals surface area contributed by atoms with Gasteiger partial charge in [0.25, 0.3) is 0 Å². The summed E-state index contributed by atoms with van der Waals surface area (Å²) in [6.07, 6.45) is 8.06. The molecule has 0 spiro atoms. The Morgan fingerprint density at radius 1 is 1.05 bits per heavy atom. The van der Waals surface area contributed by atoms with Gasteiger partial charge in [-0.3, -0.25) is 9.59 Å². The number of aliphatic carboxylic acids is 1. The molecule has 2 rings (SSSR count). The molecule has 0 heterocycles. The van der Waals surface area contributed by atoms with E-state index in [9.17, 15) is 9.59 Å². The Bertz CT molecular complexity index is 344. The second kappa shape index (κ2) is 5.93. The van der Waals surface area contributed by atoms with E-state index in [0.29, 0.717) is 12.8 Å². The molecule has 0 aromatic heterocycles. The van der Waals surface area contributed by atoms with Gasteiger partial charge in [-0.25, -0.2) is 0 Å². The highest BCUT2D eigenvalue weighted by Crippen LogP contribution is 2.35. The molecule has 0 bridgehead atoms. The van der Waals surface area contributed by atoms with Crippen LogP contribution >= 0.6 is 0 Å². The Balaban J connectivity index is 1.90. The second-order valence-electron chi connectivity index (χ2n) is 6.33. The van der Waals surface area contributed by atoms with E-state index >= 15 is 0 Å². The first-order chi connectivity index (χ1) is 9.00. The molecule has 2 saturated carbocycles. The first kappa shape index (κ1) is 14.4. The molecular weight excluding hydrogens is 244 g/mol. The Morgan fingerprint density at radius 3 is 2.32 bits per heavy atom. The molecule has 0 aromatic rings. The van der Waals surface area contributed by atoms with Crippen molar-refractivity contribution < 1.29 is 19.4 Å². The standard InChI is InChI=1S/C15H24O4/c1-15(8-3-2-4-9-15)19-14(18)12-7-5-6-11(10-12)13(16)17/h11-12H,2-10H2,1H3,(H,16,17). The average molecular weight is 268 g/mol. The van der Waals surface area contributed by atoms with Crippen molar-refractivity contribution in [1.29, 1.82) is 0 Å². The lowest BCUT2D eigenvalue weighted by Gasteiger charge is -2.35. The summed E-state index contributed by atoms with van der Waals surface area (Å²) < 4.78 is 5.71. The minimum Gasteiger partial charge on any atom is -0.481 e. The summed E-state index contributed by atoms with van der Waals surface area (Å²) in [5.74, 6) is -1.53. The molecule has 1 N–H and O–H groups in total. The van der Waals surface area contributed by atoms with E-state index in [1.165, 1.54) is 6.42 Å². The fourth-order valence-electron chi connectivity index (χ4n) is 3.36. The zero-order valence-electron chi connectivity index (χ0n) is 11.7. The Labute approximate surface area is 114 Å². The summed E-state index contributed by atoms with van der Waals surface area (Å²) in [6, 6.07) is 0. The molecule has 0 aliphatic heterocycles. The molecule has 0 radical (unpaired) electrons. The van der Waals surface area contributed by atoms with Crippen LogP contribution in [0.25, 0.3) is 0 Å². The summed E-state index contributed by atoms with van der Waals surface area (Å²) in [4.78, 5) is 23.2. The number of rotatable bonds is 3. The molecule has 2 fully saturated rings. The van der Waals surface area contributed by atoms with E-state index in [1.807, 2.05) is 6.92 Å². The van der Waals surface area contributed by atoms with Gasteiger partial charge in [0.15, 0.2) is 0 Å². The third-order valence-corrected chi connectivity index (χ3v) is 4.62. The Kier molecular flexibility index (Phi) is 4.48. The zero-order valence-corrected chi connectivity index (χ0v) is 11.7. The highest BCUT2D eigenvalue weighted by atomic mass is 16.6. The van der Waals surface area contributed by atoms with Crippen LogP contribution in [0.2, 0.25) is 0 Å².